The van der Waals surface area contributed by atoms with Gasteiger partial charge in [-0.05, 0) is 54.9 Å². The summed E-state index contributed by atoms with van der Waals surface area (Å²) in [4.78, 5) is 0. The predicted octanol–water partition coefficient (Wildman–Crippen LogP) is 3.38. The van der Waals surface area contributed by atoms with Crippen LogP contribution < -0.4 is 4.74 Å². The lowest BCUT2D eigenvalue weighted by atomic mass is 9.89. The van der Waals surface area contributed by atoms with E-state index in [1.54, 1.807) is 0 Å². The van der Waals surface area contributed by atoms with E-state index in [1.165, 1.54) is 31.2 Å². The maximum atomic E-state index is 10.1. The van der Waals surface area contributed by atoms with Crippen molar-refractivity contribution in [2.45, 2.75) is 63.6 Å². The summed E-state index contributed by atoms with van der Waals surface area (Å²) in [5.41, 5.74) is 2.23. The molecular weight excluding hydrogens is 264 g/mol. The number of hydrogen-bond donors (Lipinski definition) is 2. The number of benzene rings is 1. The Labute approximate surface area is 127 Å². The Morgan fingerprint density at radius 3 is 2.76 bits per heavy atom. The van der Waals surface area contributed by atoms with Crippen LogP contribution in [0.1, 0.15) is 62.2 Å². The number of fused-ring (bicyclic) bond motifs is 1. The van der Waals surface area contributed by atoms with Crippen molar-refractivity contribution in [1.82, 2.24) is 0 Å². The Bertz CT molecular complexity index is 466. The zero-order valence-corrected chi connectivity index (χ0v) is 12.6. The van der Waals surface area contributed by atoms with E-state index in [-0.39, 0.29) is 12.2 Å². The maximum absolute atomic E-state index is 10.1. The van der Waals surface area contributed by atoms with Crippen molar-refractivity contribution in [3.05, 3.63) is 29.3 Å². The minimum Gasteiger partial charge on any atom is -0.491 e. The molecule has 1 saturated carbocycles. The molecule has 0 spiro atoms. The third-order valence-corrected chi connectivity index (χ3v) is 4.92. The third kappa shape index (κ3) is 3.78. The van der Waals surface area contributed by atoms with Gasteiger partial charge in [-0.3, -0.25) is 0 Å². The van der Waals surface area contributed by atoms with Crippen molar-refractivity contribution >= 4 is 0 Å². The Kier molecular flexibility index (Phi) is 4.81. The summed E-state index contributed by atoms with van der Waals surface area (Å²) >= 11 is 0. The van der Waals surface area contributed by atoms with E-state index in [0.29, 0.717) is 12.5 Å². The lowest BCUT2D eigenvalue weighted by Gasteiger charge is -2.22. The average Bonchev–Trinajstić information content (AvgIpc) is 2.98. The van der Waals surface area contributed by atoms with Gasteiger partial charge in [-0.2, -0.15) is 0 Å². The summed E-state index contributed by atoms with van der Waals surface area (Å²) in [5, 5.41) is 20.1. The zero-order valence-electron chi connectivity index (χ0n) is 12.6. The van der Waals surface area contributed by atoms with E-state index < -0.39 is 0 Å². The fourth-order valence-electron chi connectivity index (χ4n) is 3.73. The number of rotatable bonds is 5. The van der Waals surface area contributed by atoms with Gasteiger partial charge in [0.25, 0.3) is 0 Å². The monoisotopic (exact) mass is 290 g/mol. The molecule has 2 atom stereocenters. The Morgan fingerprint density at radius 1 is 1.14 bits per heavy atom. The van der Waals surface area contributed by atoms with E-state index in [0.717, 1.165) is 37.0 Å². The first kappa shape index (κ1) is 14.9. The summed E-state index contributed by atoms with van der Waals surface area (Å²) in [6, 6.07) is 5.96. The van der Waals surface area contributed by atoms with Crippen molar-refractivity contribution in [1.29, 1.82) is 0 Å². The summed E-state index contributed by atoms with van der Waals surface area (Å²) in [5.74, 6) is 1.44. The van der Waals surface area contributed by atoms with Gasteiger partial charge in [-0.15, -0.1) is 0 Å². The maximum Gasteiger partial charge on any atom is 0.119 e. The second-order valence-electron chi connectivity index (χ2n) is 6.62. The molecule has 116 valence electrons. The van der Waals surface area contributed by atoms with E-state index in [1.807, 2.05) is 12.1 Å². The smallest absolute Gasteiger partial charge is 0.119 e. The molecule has 1 fully saturated rings. The fourth-order valence-corrected chi connectivity index (χ4v) is 3.73. The van der Waals surface area contributed by atoms with Gasteiger partial charge in [0.05, 0.1) is 12.2 Å². The van der Waals surface area contributed by atoms with E-state index in [4.69, 9.17) is 4.74 Å². The van der Waals surface area contributed by atoms with Crippen LogP contribution in [0.3, 0.4) is 0 Å². The average molecular weight is 290 g/mol. The molecule has 2 aliphatic carbocycles. The summed E-state index contributed by atoms with van der Waals surface area (Å²) in [6.45, 7) is 0.353. The topological polar surface area (TPSA) is 49.7 Å². The van der Waals surface area contributed by atoms with Crippen LogP contribution in [0, 0.1) is 5.92 Å². The van der Waals surface area contributed by atoms with Crippen molar-refractivity contribution < 1.29 is 14.9 Å². The van der Waals surface area contributed by atoms with Gasteiger partial charge < -0.3 is 14.9 Å². The highest BCUT2D eigenvalue weighted by atomic mass is 16.5. The highest BCUT2D eigenvalue weighted by Crippen LogP contribution is 2.32. The van der Waals surface area contributed by atoms with Gasteiger partial charge in [0.15, 0.2) is 0 Å². The number of hydrogen-bond acceptors (Lipinski definition) is 3. The van der Waals surface area contributed by atoms with Gasteiger partial charge in [-0.1, -0.05) is 31.7 Å². The van der Waals surface area contributed by atoms with Gasteiger partial charge in [0, 0.05) is 0 Å². The van der Waals surface area contributed by atoms with Crippen LogP contribution in [0.15, 0.2) is 18.2 Å². The molecule has 0 aromatic heterocycles. The fraction of sp³-hybridized carbons (Fsp3) is 0.667. The van der Waals surface area contributed by atoms with Gasteiger partial charge in [-0.25, -0.2) is 0 Å². The largest absolute Gasteiger partial charge is 0.491 e. The van der Waals surface area contributed by atoms with Gasteiger partial charge >= 0.3 is 0 Å². The first-order chi connectivity index (χ1) is 10.2. The standard InChI is InChI=1S/C18H26O3/c19-15(10-13-4-1-2-5-13)12-21-16-9-8-14-6-3-7-18(20)17(14)11-16/h8-9,11,13,15,18-20H,1-7,10,12H2. The molecule has 2 aliphatic rings. The number of aliphatic hydroxyl groups is 2. The summed E-state index contributed by atoms with van der Waals surface area (Å²) in [6.07, 6.45) is 8.15. The lowest BCUT2D eigenvalue weighted by Crippen LogP contribution is -2.20. The number of aryl methyl sites for hydroxylation is 1. The number of ether oxygens (including phenoxy) is 1. The van der Waals surface area contributed by atoms with E-state index in [9.17, 15) is 10.2 Å². The Hall–Kier alpha value is -1.06. The van der Waals surface area contributed by atoms with Gasteiger partial charge in [0.1, 0.15) is 12.4 Å². The van der Waals surface area contributed by atoms with Crippen molar-refractivity contribution in [3.8, 4) is 5.75 Å². The Balaban J connectivity index is 1.54. The molecule has 1 aromatic carbocycles. The first-order valence-electron chi connectivity index (χ1n) is 8.34. The minimum absolute atomic E-state index is 0.353. The van der Waals surface area contributed by atoms with Crippen molar-refractivity contribution in [2.75, 3.05) is 6.61 Å². The minimum atomic E-state index is -0.381. The van der Waals surface area contributed by atoms with E-state index >= 15 is 0 Å². The van der Waals surface area contributed by atoms with Crippen molar-refractivity contribution in [3.63, 3.8) is 0 Å². The summed E-state index contributed by atoms with van der Waals surface area (Å²) < 4.78 is 5.73. The van der Waals surface area contributed by atoms with Crippen LogP contribution in [0.4, 0.5) is 0 Å². The molecule has 0 radical (unpaired) electrons. The second kappa shape index (κ2) is 6.80. The Morgan fingerprint density at radius 2 is 1.95 bits per heavy atom. The first-order valence-corrected chi connectivity index (χ1v) is 8.34. The molecule has 2 N–H and O–H groups in total. The molecule has 2 unspecified atom stereocenters. The molecular formula is C18H26O3. The van der Waals surface area contributed by atoms with Gasteiger partial charge in [0.2, 0.25) is 0 Å². The molecule has 0 saturated heterocycles. The van der Waals surface area contributed by atoms with Crippen LogP contribution in [0.5, 0.6) is 5.75 Å². The molecule has 21 heavy (non-hydrogen) atoms. The van der Waals surface area contributed by atoms with Crippen LogP contribution in [-0.4, -0.2) is 22.9 Å². The molecule has 0 aliphatic heterocycles. The normalized spacial score (nSPS) is 23.8. The molecule has 3 heteroatoms. The van der Waals surface area contributed by atoms with Crippen molar-refractivity contribution in [2.24, 2.45) is 5.92 Å². The van der Waals surface area contributed by atoms with Crippen LogP contribution >= 0.6 is 0 Å². The summed E-state index contributed by atoms with van der Waals surface area (Å²) in [7, 11) is 0. The quantitative estimate of drug-likeness (QED) is 0.874. The highest BCUT2D eigenvalue weighted by Gasteiger charge is 2.20. The molecule has 3 nitrogen and oxygen atoms in total. The van der Waals surface area contributed by atoms with Crippen LogP contribution in [0.25, 0.3) is 0 Å². The molecule has 0 bridgehead atoms. The van der Waals surface area contributed by atoms with Crippen LogP contribution in [0.2, 0.25) is 0 Å². The van der Waals surface area contributed by atoms with E-state index in [2.05, 4.69) is 6.07 Å². The zero-order chi connectivity index (χ0) is 14.7. The predicted molar refractivity (Wildman–Crippen MR) is 82.4 cm³/mol. The lowest BCUT2D eigenvalue weighted by molar-refractivity contribution is 0.0852. The SMILES string of the molecule is OC(COc1ccc2c(c1)C(O)CCC2)CC1CCCC1. The molecule has 3 rings (SSSR count). The second-order valence-corrected chi connectivity index (χ2v) is 6.62. The molecule has 0 amide bonds. The number of aliphatic hydroxyl groups excluding tert-OH is 2. The molecule has 1 aromatic rings. The van der Waals surface area contributed by atoms with Crippen LogP contribution in [-0.2, 0) is 6.42 Å². The highest BCUT2D eigenvalue weighted by molar-refractivity contribution is 5.38. The third-order valence-electron chi connectivity index (χ3n) is 4.92. The molecule has 0 heterocycles.